The van der Waals surface area contributed by atoms with Gasteiger partial charge in [-0.1, -0.05) is 18.2 Å². The van der Waals surface area contributed by atoms with Crippen LogP contribution in [0.3, 0.4) is 0 Å². The largest absolute Gasteiger partial charge is 0.480 e. The van der Waals surface area contributed by atoms with Gasteiger partial charge in [-0.3, -0.25) is 4.79 Å². The first-order valence-corrected chi connectivity index (χ1v) is 6.16. The van der Waals surface area contributed by atoms with Gasteiger partial charge >= 0.3 is 5.97 Å². The number of carboxylic acid groups (broad SMARTS) is 1. The zero-order chi connectivity index (χ0) is 11.5. The number of aromatic nitrogens is 1. The first-order chi connectivity index (χ1) is 7.66. The van der Waals surface area contributed by atoms with Crippen LogP contribution in [-0.4, -0.2) is 27.2 Å². The van der Waals surface area contributed by atoms with Gasteiger partial charge in [0.05, 0.1) is 5.03 Å². The van der Waals surface area contributed by atoms with Crippen LogP contribution in [0, 0.1) is 0 Å². The van der Waals surface area contributed by atoms with Crippen molar-refractivity contribution >= 4 is 40.2 Å². The molecule has 0 fully saturated rings. The van der Waals surface area contributed by atoms with Crippen molar-refractivity contribution in [3.8, 4) is 0 Å². The monoisotopic (exact) mass is 255 g/mol. The van der Waals surface area contributed by atoms with E-state index in [9.17, 15) is 4.79 Å². The molecule has 0 bridgehead atoms. The minimum atomic E-state index is -0.981. The van der Waals surface area contributed by atoms with Gasteiger partial charge in [0.1, 0.15) is 5.38 Å². The van der Waals surface area contributed by atoms with Gasteiger partial charge in [0, 0.05) is 16.7 Å². The van der Waals surface area contributed by atoms with Gasteiger partial charge in [-0.05, 0) is 12.1 Å². The summed E-state index contributed by atoms with van der Waals surface area (Å²) in [5, 5.41) is 9.85. The highest BCUT2D eigenvalue weighted by atomic mass is 35.5. The summed E-state index contributed by atoms with van der Waals surface area (Å²) in [5.41, 5.74) is 1.05. The number of para-hydroxylation sites is 1. The van der Waals surface area contributed by atoms with Crippen LogP contribution in [0.25, 0.3) is 10.9 Å². The third kappa shape index (κ3) is 2.51. The first-order valence-electron chi connectivity index (χ1n) is 4.74. The number of aliphatic carboxylic acids is 1. The molecule has 2 rings (SSSR count). The molecular formula is C11H10ClNO2S. The normalized spacial score (nSPS) is 12.8. The average Bonchev–Trinajstić information content (AvgIpc) is 2.68. The third-order valence-corrected chi connectivity index (χ3v) is 3.71. The van der Waals surface area contributed by atoms with Crippen LogP contribution >= 0.6 is 23.4 Å². The fraction of sp³-hybridized carbons (Fsp3) is 0.182. The molecule has 0 saturated carbocycles. The topological polar surface area (TPSA) is 53.1 Å². The Morgan fingerprint density at radius 3 is 2.94 bits per heavy atom. The van der Waals surface area contributed by atoms with Crippen LogP contribution < -0.4 is 0 Å². The van der Waals surface area contributed by atoms with E-state index in [0.717, 1.165) is 15.9 Å². The zero-order valence-corrected chi connectivity index (χ0v) is 9.89. The van der Waals surface area contributed by atoms with Gasteiger partial charge in [-0.25, -0.2) is 0 Å². The maximum atomic E-state index is 10.5. The number of carboxylic acids is 1. The molecule has 1 aromatic carbocycles. The van der Waals surface area contributed by atoms with E-state index in [2.05, 4.69) is 4.98 Å². The summed E-state index contributed by atoms with van der Waals surface area (Å²) in [4.78, 5) is 13.7. The Balaban J connectivity index is 2.07. The molecule has 1 unspecified atom stereocenters. The van der Waals surface area contributed by atoms with Crippen molar-refractivity contribution in [3.05, 3.63) is 30.3 Å². The van der Waals surface area contributed by atoms with E-state index >= 15 is 0 Å². The average molecular weight is 256 g/mol. The van der Waals surface area contributed by atoms with Crippen LogP contribution in [0.4, 0.5) is 0 Å². The van der Waals surface area contributed by atoms with Crippen molar-refractivity contribution in [3.63, 3.8) is 0 Å². The number of nitrogens with one attached hydrogen (secondary N) is 1. The molecule has 16 heavy (non-hydrogen) atoms. The van der Waals surface area contributed by atoms with Crippen molar-refractivity contribution in [1.29, 1.82) is 0 Å². The lowest BCUT2D eigenvalue weighted by atomic mass is 10.3. The molecule has 0 saturated heterocycles. The molecule has 0 spiro atoms. The van der Waals surface area contributed by atoms with E-state index in [1.54, 1.807) is 0 Å². The molecule has 0 radical (unpaired) electrons. The van der Waals surface area contributed by atoms with Crippen LogP contribution in [0.2, 0.25) is 0 Å². The Morgan fingerprint density at radius 1 is 1.50 bits per heavy atom. The molecule has 0 aliphatic rings. The summed E-state index contributed by atoms with van der Waals surface area (Å²) in [5.74, 6) is -0.630. The second-order valence-electron chi connectivity index (χ2n) is 3.34. The molecule has 2 aromatic rings. The molecule has 84 valence electrons. The molecule has 5 heteroatoms. The zero-order valence-electron chi connectivity index (χ0n) is 8.31. The van der Waals surface area contributed by atoms with Crippen LogP contribution in [0.1, 0.15) is 0 Å². The summed E-state index contributed by atoms with van der Waals surface area (Å²) >= 11 is 7.04. The lowest BCUT2D eigenvalue weighted by molar-refractivity contribution is -0.136. The molecule has 0 amide bonds. The molecule has 0 aliphatic heterocycles. The molecule has 1 atom stereocenters. The van der Waals surface area contributed by atoms with E-state index in [1.165, 1.54) is 11.8 Å². The van der Waals surface area contributed by atoms with Gasteiger partial charge in [0.25, 0.3) is 0 Å². The SMILES string of the molecule is O=C(O)C(Cl)CSc1cc2ccccc2[nH]1. The number of fused-ring (bicyclic) bond motifs is 1. The van der Waals surface area contributed by atoms with E-state index < -0.39 is 11.3 Å². The third-order valence-electron chi connectivity index (χ3n) is 2.16. The Morgan fingerprint density at radius 2 is 2.25 bits per heavy atom. The molecular weight excluding hydrogens is 246 g/mol. The van der Waals surface area contributed by atoms with Crippen LogP contribution in [0.5, 0.6) is 0 Å². The van der Waals surface area contributed by atoms with Gasteiger partial charge in [-0.15, -0.1) is 23.4 Å². The van der Waals surface area contributed by atoms with Crippen LogP contribution in [0.15, 0.2) is 35.4 Å². The van der Waals surface area contributed by atoms with Gasteiger partial charge in [-0.2, -0.15) is 0 Å². The highest BCUT2D eigenvalue weighted by molar-refractivity contribution is 7.99. The molecule has 1 heterocycles. The van der Waals surface area contributed by atoms with Crippen molar-refractivity contribution in [2.24, 2.45) is 0 Å². The predicted octanol–water partition coefficient (Wildman–Crippen LogP) is 2.95. The number of thioether (sulfide) groups is 1. The lowest BCUT2D eigenvalue weighted by Crippen LogP contribution is -2.15. The number of rotatable bonds is 4. The minimum absolute atomic E-state index is 0.351. The highest BCUT2D eigenvalue weighted by Gasteiger charge is 2.14. The predicted molar refractivity (Wildman–Crippen MR) is 66.3 cm³/mol. The molecule has 3 nitrogen and oxygen atoms in total. The second kappa shape index (κ2) is 4.80. The number of halogens is 1. The van der Waals surface area contributed by atoms with Crippen molar-refractivity contribution in [2.75, 3.05) is 5.75 Å². The summed E-state index contributed by atoms with van der Waals surface area (Å²) in [6.07, 6.45) is 0. The number of alkyl halides is 1. The quantitative estimate of drug-likeness (QED) is 0.652. The lowest BCUT2D eigenvalue weighted by Gasteiger charge is -2.01. The summed E-state index contributed by atoms with van der Waals surface area (Å²) in [7, 11) is 0. The van der Waals surface area contributed by atoms with Crippen molar-refractivity contribution < 1.29 is 9.90 Å². The number of benzene rings is 1. The summed E-state index contributed by atoms with van der Waals surface area (Å²) in [6.45, 7) is 0. The minimum Gasteiger partial charge on any atom is -0.480 e. The van der Waals surface area contributed by atoms with Crippen molar-refractivity contribution in [2.45, 2.75) is 10.4 Å². The molecule has 0 aliphatic carbocycles. The molecule has 1 aromatic heterocycles. The number of hydrogen-bond acceptors (Lipinski definition) is 2. The maximum Gasteiger partial charge on any atom is 0.322 e. The van der Waals surface area contributed by atoms with E-state index in [0.29, 0.717) is 5.75 Å². The summed E-state index contributed by atoms with van der Waals surface area (Å²) in [6, 6.07) is 9.90. The standard InChI is InChI=1S/C11H10ClNO2S/c12-8(11(14)15)6-16-10-5-7-3-1-2-4-9(7)13-10/h1-5,8,13H,6H2,(H,14,15). The van der Waals surface area contributed by atoms with Gasteiger partial charge in [0.15, 0.2) is 0 Å². The number of aromatic amines is 1. The Bertz CT molecular complexity index is 478. The number of hydrogen-bond donors (Lipinski definition) is 2. The van der Waals surface area contributed by atoms with Gasteiger partial charge < -0.3 is 10.1 Å². The smallest absolute Gasteiger partial charge is 0.322 e. The second-order valence-corrected chi connectivity index (χ2v) is 4.93. The maximum absolute atomic E-state index is 10.5. The summed E-state index contributed by atoms with van der Waals surface area (Å²) < 4.78 is 0. The highest BCUT2D eigenvalue weighted by Crippen LogP contribution is 2.24. The van der Waals surface area contributed by atoms with Gasteiger partial charge in [0.2, 0.25) is 0 Å². The Labute approximate surface area is 102 Å². The number of carbonyl (C=O) groups is 1. The van der Waals surface area contributed by atoms with Crippen molar-refractivity contribution in [1.82, 2.24) is 4.98 Å². The fourth-order valence-electron chi connectivity index (χ4n) is 1.36. The van der Waals surface area contributed by atoms with E-state index in [-0.39, 0.29) is 0 Å². The Kier molecular flexibility index (Phi) is 3.41. The van der Waals surface area contributed by atoms with Crippen LogP contribution in [-0.2, 0) is 4.79 Å². The van der Waals surface area contributed by atoms with E-state index in [4.69, 9.17) is 16.7 Å². The Hall–Kier alpha value is -1.13. The fourth-order valence-corrected chi connectivity index (χ4v) is 2.41. The number of H-pyrrole nitrogens is 1. The molecule has 2 N–H and O–H groups in total. The first kappa shape index (κ1) is 11.4. The van der Waals surface area contributed by atoms with E-state index in [1.807, 2.05) is 30.3 Å².